The van der Waals surface area contributed by atoms with E-state index in [1.165, 1.54) is 11.1 Å². The van der Waals surface area contributed by atoms with Gasteiger partial charge in [0.05, 0.1) is 0 Å². The zero-order valence-electron chi connectivity index (χ0n) is 19.2. The average molecular weight is 471 g/mol. The van der Waals surface area contributed by atoms with Gasteiger partial charge in [-0.3, -0.25) is 9.80 Å². The van der Waals surface area contributed by atoms with Crippen LogP contribution in [0.2, 0.25) is 5.02 Å². The van der Waals surface area contributed by atoms with Gasteiger partial charge in [0.25, 0.3) is 0 Å². The summed E-state index contributed by atoms with van der Waals surface area (Å²) in [6.45, 7) is 10.3. The van der Waals surface area contributed by atoms with Crippen LogP contribution in [-0.2, 0) is 0 Å². The highest BCUT2D eigenvalue weighted by molar-refractivity contribution is 6.30. The highest BCUT2D eigenvalue weighted by Gasteiger charge is 2.37. The van der Waals surface area contributed by atoms with E-state index in [0.717, 1.165) is 75.9 Å². The fraction of sp³-hybridized carbons (Fsp3) is 0.500. The second-order valence-corrected chi connectivity index (χ2v) is 9.79. The Kier molecular flexibility index (Phi) is 6.59. The molecule has 5 nitrogen and oxygen atoms in total. The number of hydrogen-bond acceptors (Lipinski definition) is 3. The number of piperazine rings is 1. The maximum atomic E-state index is 13.5. The summed E-state index contributed by atoms with van der Waals surface area (Å²) in [4.78, 5) is 21.3. The van der Waals surface area contributed by atoms with Gasteiger partial charge in [-0.05, 0) is 54.3 Å². The van der Waals surface area contributed by atoms with Crippen molar-refractivity contribution in [1.82, 2.24) is 19.6 Å². The molecular weight excluding hydrogens is 439 g/mol. The fourth-order valence-corrected chi connectivity index (χ4v) is 5.86. The summed E-state index contributed by atoms with van der Waals surface area (Å²) < 4.78 is 13.5. The molecule has 0 N–H and O–H groups in total. The van der Waals surface area contributed by atoms with Crippen LogP contribution in [0.5, 0.6) is 0 Å². The molecule has 2 saturated heterocycles. The largest absolute Gasteiger partial charge is 0.323 e. The summed E-state index contributed by atoms with van der Waals surface area (Å²) >= 11 is 6.36. The first-order valence-corrected chi connectivity index (χ1v) is 12.5. The molecule has 0 bridgehead atoms. The highest BCUT2D eigenvalue weighted by atomic mass is 35.5. The number of fused-ring (bicyclic) bond motifs is 1. The molecule has 3 aliphatic rings. The predicted octanol–water partition coefficient (Wildman–Crippen LogP) is 4.43. The molecule has 2 amide bonds. The zero-order chi connectivity index (χ0) is 22.9. The molecule has 7 heteroatoms. The van der Waals surface area contributed by atoms with E-state index in [-0.39, 0.29) is 17.8 Å². The lowest BCUT2D eigenvalue weighted by molar-refractivity contribution is 0.0901. The van der Waals surface area contributed by atoms with Crippen LogP contribution < -0.4 is 0 Å². The van der Waals surface area contributed by atoms with Crippen LogP contribution in [0.25, 0.3) is 0 Å². The SMILES string of the molecule is CCN1CCN(CCN2CCN([C@H]3C[C@H](c4ccc(F)cc4)c4cc(Cl)ccc43)CC2)C1=O. The molecule has 0 radical (unpaired) electrons. The molecule has 5 rings (SSSR count). The quantitative estimate of drug-likeness (QED) is 0.625. The number of carbonyl (C=O) groups excluding carboxylic acids is 1. The summed E-state index contributed by atoms with van der Waals surface area (Å²) in [5, 5.41) is 0.754. The topological polar surface area (TPSA) is 30.0 Å². The lowest BCUT2D eigenvalue weighted by Gasteiger charge is -2.39. The molecule has 176 valence electrons. The predicted molar refractivity (Wildman–Crippen MR) is 129 cm³/mol. The third-order valence-corrected chi connectivity index (χ3v) is 7.85. The van der Waals surface area contributed by atoms with E-state index in [2.05, 4.69) is 21.9 Å². The number of amides is 2. The van der Waals surface area contributed by atoms with E-state index < -0.39 is 0 Å². The molecule has 2 atom stereocenters. The van der Waals surface area contributed by atoms with Crippen LogP contribution in [-0.4, -0.2) is 84.5 Å². The van der Waals surface area contributed by atoms with Crippen LogP contribution in [0.1, 0.15) is 42.0 Å². The van der Waals surface area contributed by atoms with E-state index in [1.54, 1.807) is 12.1 Å². The zero-order valence-corrected chi connectivity index (χ0v) is 20.0. The van der Waals surface area contributed by atoms with Crippen molar-refractivity contribution in [1.29, 1.82) is 0 Å². The molecule has 0 unspecified atom stereocenters. The van der Waals surface area contributed by atoms with Gasteiger partial charge in [-0.2, -0.15) is 0 Å². The summed E-state index contributed by atoms with van der Waals surface area (Å²) in [5.74, 6) is 0.0405. The third-order valence-electron chi connectivity index (χ3n) is 7.61. The lowest BCUT2D eigenvalue weighted by atomic mass is 9.93. The second kappa shape index (κ2) is 9.61. The minimum absolute atomic E-state index is 0.184. The molecule has 2 heterocycles. The van der Waals surface area contributed by atoms with Crippen LogP contribution >= 0.6 is 11.6 Å². The Morgan fingerprint density at radius 2 is 1.64 bits per heavy atom. The molecule has 33 heavy (non-hydrogen) atoms. The number of rotatable bonds is 6. The molecule has 2 aromatic carbocycles. The third kappa shape index (κ3) is 4.61. The first-order chi connectivity index (χ1) is 16.0. The first kappa shape index (κ1) is 22.6. The molecule has 2 aliphatic heterocycles. The van der Waals surface area contributed by atoms with E-state index in [4.69, 9.17) is 11.6 Å². The Morgan fingerprint density at radius 1 is 0.909 bits per heavy atom. The molecule has 0 spiro atoms. The molecular formula is C26H32ClFN4O. The lowest BCUT2D eigenvalue weighted by Crippen LogP contribution is -2.49. The molecule has 0 aromatic heterocycles. The van der Waals surface area contributed by atoms with Crippen LogP contribution in [0.3, 0.4) is 0 Å². The van der Waals surface area contributed by atoms with E-state index in [1.807, 2.05) is 34.9 Å². The van der Waals surface area contributed by atoms with E-state index in [0.29, 0.717) is 6.04 Å². The van der Waals surface area contributed by atoms with Crippen molar-refractivity contribution in [3.63, 3.8) is 0 Å². The number of carbonyl (C=O) groups is 1. The van der Waals surface area contributed by atoms with Crippen LogP contribution in [0, 0.1) is 5.82 Å². The van der Waals surface area contributed by atoms with Gasteiger partial charge >= 0.3 is 6.03 Å². The summed E-state index contributed by atoms with van der Waals surface area (Å²) in [7, 11) is 0. The Bertz CT molecular complexity index is 992. The van der Waals surface area contributed by atoms with E-state index >= 15 is 0 Å². The Hall–Kier alpha value is -2.15. The smallest absolute Gasteiger partial charge is 0.320 e. The van der Waals surface area contributed by atoms with Gasteiger partial charge in [-0.15, -0.1) is 0 Å². The Labute approximate surface area is 200 Å². The Morgan fingerprint density at radius 3 is 2.33 bits per heavy atom. The minimum Gasteiger partial charge on any atom is -0.323 e. The van der Waals surface area contributed by atoms with Gasteiger partial charge in [0, 0.05) is 75.9 Å². The highest BCUT2D eigenvalue weighted by Crippen LogP contribution is 2.47. The number of halogens is 2. The molecule has 1 aliphatic carbocycles. The van der Waals surface area contributed by atoms with Crippen molar-refractivity contribution in [3.05, 3.63) is 70.0 Å². The normalized spacial score (nSPS) is 24.0. The van der Waals surface area contributed by atoms with Gasteiger partial charge in [0.1, 0.15) is 5.82 Å². The second-order valence-electron chi connectivity index (χ2n) is 9.36. The number of urea groups is 1. The van der Waals surface area contributed by atoms with Crippen molar-refractivity contribution in [2.45, 2.75) is 25.3 Å². The summed E-state index contributed by atoms with van der Waals surface area (Å²) in [5.41, 5.74) is 3.77. The molecule has 2 aromatic rings. The summed E-state index contributed by atoms with van der Waals surface area (Å²) in [6.07, 6.45) is 0.996. The number of nitrogens with zero attached hydrogens (tertiary/aromatic N) is 4. The van der Waals surface area contributed by atoms with Crippen molar-refractivity contribution in [3.8, 4) is 0 Å². The maximum Gasteiger partial charge on any atom is 0.320 e. The van der Waals surface area contributed by atoms with Crippen molar-refractivity contribution < 1.29 is 9.18 Å². The van der Waals surface area contributed by atoms with Gasteiger partial charge in [-0.25, -0.2) is 9.18 Å². The van der Waals surface area contributed by atoms with Gasteiger partial charge < -0.3 is 9.80 Å². The minimum atomic E-state index is -0.200. The van der Waals surface area contributed by atoms with Gasteiger partial charge in [-0.1, -0.05) is 29.8 Å². The standard InChI is InChI=1S/C26H32ClFN4O/c1-2-30-15-16-32(26(30)33)14-11-29-9-12-31(13-10-29)25-18-23(19-3-6-21(28)7-4-19)24-17-20(27)5-8-22(24)25/h3-8,17,23,25H,2,9-16,18H2,1H3/t23-,25+/m1/s1. The number of likely N-dealkylation sites (N-methyl/N-ethyl adjacent to an activating group) is 1. The van der Waals surface area contributed by atoms with Gasteiger partial charge in [0.15, 0.2) is 0 Å². The number of hydrogen-bond donors (Lipinski definition) is 0. The van der Waals surface area contributed by atoms with Crippen LogP contribution in [0.15, 0.2) is 42.5 Å². The van der Waals surface area contributed by atoms with E-state index in [9.17, 15) is 9.18 Å². The fourth-order valence-electron chi connectivity index (χ4n) is 5.68. The van der Waals surface area contributed by atoms with Crippen molar-refractivity contribution in [2.75, 3.05) is 58.9 Å². The summed E-state index contributed by atoms with van der Waals surface area (Å²) in [6, 6.07) is 13.7. The average Bonchev–Trinajstić information content (AvgIpc) is 3.38. The van der Waals surface area contributed by atoms with Crippen molar-refractivity contribution >= 4 is 17.6 Å². The van der Waals surface area contributed by atoms with Crippen LogP contribution in [0.4, 0.5) is 9.18 Å². The van der Waals surface area contributed by atoms with Crippen molar-refractivity contribution in [2.24, 2.45) is 0 Å². The number of benzene rings is 2. The monoisotopic (exact) mass is 470 g/mol. The molecule has 0 saturated carbocycles. The van der Waals surface area contributed by atoms with Gasteiger partial charge in [0.2, 0.25) is 0 Å². The Balaban J connectivity index is 1.22. The molecule has 2 fully saturated rings. The first-order valence-electron chi connectivity index (χ1n) is 12.1. The maximum absolute atomic E-state index is 13.5.